The average molecular weight is 506 g/mol. The van der Waals surface area contributed by atoms with Crippen LogP contribution >= 0.6 is 0 Å². The van der Waals surface area contributed by atoms with Crippen molar-refractivity contribution in [3.63, 3.8) is 0 Å². The number of nitrogens with zero attached hydrogens (tertiary/aromatic N) is 7. The Morgan fingerprint density at radius 1 is 1.19 bits per heavy atom. The van der Waals surface area contributed by atoms with Gasteiger partial charge in [0.1, 0.15) is 23.6 Å². The second kappa shape index (κ2) is 11.8. The third kappa shape index (κ3) is 6.29. The molecule has 0 spiro atoms. The van der Waals surface area contributed by atoms with Gasteiger partial charge in [-0.15, -0.1) is 0 Å². The number of aromatic nitrogens is 4. The summed E-state index contributed by atoms with van der Waals surface area (Å²) in [6.07, 6.45) is 7.43. The number of hydrogen-bond donors (Lipinski definition) is 0. The van der Waals surface area contributed by atoms with Crippen LogP contribution in [0.5, 0.6) is 0 Å². The molecule has 0 radical (unpaired) electrons. The Balaban J connectivity index is 1.38. The molecule has 10 heteroatoms. The van der Waals surface area contributed by atoms with Crippen molar-refractivity contribution in [3.05, 3.63) is 47.8 Å². The van der Waals surface area contributed by atoms with Crippen molar-refractivity contribution in [1.29, 1.82) is 5.26 Å². The highest BCUT2D eigenvalue weighted by molar-refractivity contribution is 5.78. The number of likely N-dealkylation sites (tertiary alicyclic amines) is 1. The van der Waals surface area contributed by atoms with Crippen molar-refractivity contribution in [2.24, 2.45) is 5.92 Å². The highest BCUT2D eigenvalue weighted by Crippen LogP contribution is 2.24. The van der Waals surface area contributed by atoms with E-state index in [-0.39, 0.29) is 24.1 Å². The van der Waals surface area contributed by atoms with Crippen LogP contribution in [0.3, 0.4) is 0 Å². The van der Waals surface area contributed by atoms with E-state index in [0.717, 1.165) is 69.9 Å². The van der Waals surface area contributed by atoms with Crippen LogP contribution in [0.25, 0.3) is 17.2 Å². The number of morpholine rings is 1. The van der Waals surface area contributed by atoms with E-state index in [1.165, 1.54) is 12.3 Å². The van der Waals surface area contributed by atoms with Gasteiger partial charge in [0.25, 0.3) is 0 Å². The topological polar surface area (TPSA) is 99.7 Å². The molecule has 2 aliphatic heterocycles. The zero-order valence-electron chi connectivity index (χ0n) is 21.0. The largest absolute Gasteiger partial charge is 0.379 e. The minimum Gasteiger partial charge on any atom is -0.379 e. The number of amides is 1. The Labute approximate surface area is 215 Å². The van der Waals surface area contributed by atoms with Crippen molar-refractivity contribution in [3.8, 4) is 17.6 Å². The molecule has 2 fully saturated rings. The lowest BCUT2D eigenvalue weighted by atomic mass is 9.92. The molecule has 37 heavy (non-hydrogen) atoms. The summed E-state index contributed by atoms with van der Waals surface area (Å²) in [7, 11) is 0. The summed E-state index contributed by atoms with van der Waals surface area (Å²) >= 11 is 0. The van der Waals surface area contributed by atoms with Gasteiger partial charge in [0.2, 0.25) is 5.91 Å². The second-order valence-corrected chi connectivity index (χ2v) is 9.84. The van der Waals surface area contributed by atoms with Crippen LogP contribution in [0.4, 0.5) is 4.39 Å². The predicted molar refractivity (Wildman–Crippen MR) is 135 cm³/mol. The van der Waals surface area contributed by atoms with E-state index in [1.807, 2.05) is 6.07 Å². The molecule has 194 valence electrons. The van der Waals surface area contributed by atoms with E-state index in [9.17, 15) is 9.18 Å². The minimum absolute atomic E-state index is 0.0808. The number of carbonyl (C=O) groups is 1. The molecule has 0 unspecified atom stereocenters. The number of hydrogen-bond acceptors (Lipinski definition) is 7. The summed E-state index contributed by atoms with van der Waals surface area (Å²) in [6.45, 7) is 5.78. The molecule has 2 saturated heterocycles. The summed E-state index contributed by atoms with van der Waals surface area (Å²) in [5.74, 6) is 0.343. The van der Waals surface area contributed by atoms with Gasteiger partial charge in [-0.3, -0.25) is 14.1 Å². The van der Waals surface area contributed by atoms with E-state index in [1.54, 1.807) is 21.6 Å². The number of carbonyl (C=O) groups excluding carboxylic acids is 1. The molecule has 5 heterocycles. The lowest BCUT2D eigenvalue weighted by Crippen LogP contribution is -2.40. The first-order chi connectivity index (χ1) is 18.1. The monoisotopic (exact) mass is 505 g/mol. The Kier molecular flexibility index (Phi) is 8.02. The Hall–Kier alpha value is -3.42. The van der Waals surface area contributed by atoms with Gasteiger partial charge < -0.3 is 9.64 Å². The molecule has 2 aliphatic rings. The Morgan fingerprint density at radius 2 is 2.03 bits per heavy atom. The van der Waals surface area contributed by atoms with Gasteiger partial charge in [-0.25, -0.2) is 19.3 Å². The first kappa shape index (κ1) is 25.2. The molecule has 0 saturated carbocycles. The molecule has 0 aromatic carbocycles. The number of aryl methyl sites for hydroxylation is 1. The number of nitriles is 1. The maximum atomic E-state index is 14.0. The molecule has 1 amide bonds. The third-order valence-corrected chi connectivity index (χ3v) is 7.14. The predicted octanol–water partition coefficient (Wildman–Crippen LogP) is 2.89. The second-order valence-electron chi connectivity index (χ2n) is 9.84. The fraction of sp³-hybridized carbons (Fsp3) is 0.519. The van der Waals surface area contributed by atoms with Gasteiger partial charge in [0.05, 0.1) is 25.5 Å². The molecule has 0 N–H and O–H groups in total. The van der Waals surface area contributed by atoms with Gasteiger partial charge in [-0.05, 0) is 62.8 Å². The van der Waals surface area contributed by atoms with Crippen LogP contribution in [0.2, 0.25) is 0 Å². The van der Waals surface area contributed by atoms with Crippen molar-refractivity contribution >= 4 is 11.6 Å². The van der Waals surface area contributed by atoms with Gasteiger partial charge in [0.15, 0.2) is 5.82 Å². The van der Waals surface area contributed by atoms with E-state index < -0.39 is 0 Å². The fourth-order valence-corrected chi connectivity index (χ4v) is 5.26. The van der Waals surface area contributed by atoms with Crippen LogP contribution in [0.1, 0.15) is 37.1 Å². The van der Waals surface area contributed by atoms with Crippen LogP contribution in [0.15, 0.2) is 30.6 Å². The summed E-state index contributed by atoms with van der Waals surface area (Å²) in [5, 5.41) is 8.91. The fourth-order valence-electron chi connectivity index (χ4n) is 5.26. The van der Waals surface area contributed by atoms with Gasteiger partial charge >= 0.3 is 0 Å². The molecule has 3 aromatic heterocycles. The summed E-state index contributed by atoms with van der Waals surface area (Å²) < 4.78 is 21.2. The molecule has 9 nitrogen and oxygen atoms in total. The third-order valence-electron chi connectivity index (χ3n) is 7.14. The number of rotatable bonds is 8. The molecule has 1 atom stereocenters. The van der Waals surface area contributed by atoms with Crippen LogP contribution in [-0.2, 0) is 22.4 Å². The molecule has 0 bridgehead atoms. The molecule has 5 rings (SSSR count). The normalized spacial score (nSPS) is 18.7. The van der Waals surface area contributed by atoms with Crippen molar-refractivity contribution < 1.29 is 13.9 Å². The number of halogens is 1. The van der Waals surface area contributed by atoms with E-state index in [4.69, 9.17) is 20.0 Å². The zero-order valence-corrected chi connectivity index (χ0v) is 21.0. The Bertz CT molecular complexity index is 1280. The zero-order chi connectivity index (χ0) is 25.6. The highest BCUT2D eigenvalue weighted by Gasteiger charge is 2.24. The first-order valence-corrected chi connectivity index (χ1v) is 13.0. The lowest BCUT2D eigenvalue weighted by Gasteiger charge is -2.32. The summed E-state index contributed by atoms with van der Waals surface area (Å²) in [4.78, 5) is 30.6. The minimum atomic E-state index is -0.349. The number of fused-ring (bicyclic) bond motifs is 1. The van der Waals surface area contributed by atoms with Crippen LogP contribution in [-0.4, -0.2) is 81.0 Å². The SMILES string of the molecule is N#CCC(=O)N1CCC[C@@H](Cc2cc(CCCN3CCOCC3)nc(-c3cnc4ccc(F)cn34)n2)C1. The quantitative estimate of drug-likeness (QED) is 0.464. The molecular formula is C27H32FN7O2. The van der Waals surface area contributed by atoms with Crippen molar-refractivity contribution in [2.75, 3.05) is 45.9 Å². The van der Waals surface area contributed by atoms with Crippen LogP contribution in [0, 0.1) is 23.1 Å². The smallest absolute Gasteiger partial charge is 0.236 e. The van der Waals surface area contributed by atoms with E-state index in [2.05, 4.69) is 16.0 Å². The standard InChI is InChI=1S/C27H32FN7O2/c28-21-5-6-25-30-17-24(35(25)19-21)27-31-22(4-2-9-33-11-13-37-14-12-33)16-23(32-27)15-20-3-1-10-34(18-20)26(36)7-8-29/h5-6,16-17,19-20H,1-4,7,9-15,18H2/t20-/m0/s1. The number of ether oxygens (including phenoxy) is 1. The number of pyridine rings is 1. The van der Waals surface area contributed by atoms with Gasteiger partial charge in [0, 0.05) is 43.8 Å². The number of piperidine rings is 1. The average Bonchev–Trinajstić information content (AvgIpc) is 3.33. The van der Waals surface area contributed by atoms with Crippen molar-refractivity contribution in [1.82, 2.24) is 29.2 Å². The summed E-state index contributed by atoms with van der Waals surface area (Å²) in [5.41, 5.74) is 3.16. The molecule has 0 aliphatic carbocycles. The maximum Gasteiger partial charge on any atom is 0.236 e. The molecule has 3 aromatic rings. The van der Waals surface area contributed by atoms with Crippen LogP contribution < -0.4 is 0 Å². The van der Waals surface area contributed by atoms with E-state index in [0.29, 0.717) is 36.7 Å². The molecular weight excluding hydrogens is 473 g/mol. The first-order valence-electron chi connectivity index (χ1n) is 13.0. The van der Waals surface area contributed by atoms with Crippen molar-refractivity contribution in [2.45, 2.75) is 38.5 Å². The van der Waals surface area contributed by atoms with E-state index >= 15 is 0 Å². The van der Waals surface area contributed by atoms with Gasteiger partial charge in [-0.1, -0.05) is 0 Å². The summed E-state index contributed by atoms with van der Waals surface area (Å²) in [6, 6.07) is 7.07. The number of imidazole rings is 1. The van der Waals surface area contributed by atoms with Gasteiger partial charge in [-0.2, -0.15) is 5.26 Å². The maximum absolute atomic E-state index is 14.0. The Morgan fingerprint density at radius 3 is 2.86 bits per heavy atom. The lowest BCUT2D eigenvalue weighted by molar-refractivity contribution is -0.131. The highest BCUT2D eigenvalue weighted by atomic mass is 19.1.